The molecule has 0 bridgehead atoms. The van der Waals surface area contributed by atoms with Crippen LogP contribution >= 0.6 is 15.9 Å². The van der Waals surface area contributed by atoms with Crippen molar-refractivity contribution in [1.82, 2.24) is 15.0 Å². The maximum absolute atomic E-state index is 6.15. The number of nitrogen functional groups attached to an aromatic ring is 1. The topological polar surface area (TPSA) is 98.0 Å². The Morgan fingerprint density at radius 2 is 1.67 bits per heavy atom. The van der Waals surface area contributed by atoms with Crippen molar-refractivity contribution in [3.05, 3.63) is 53.4 Å². The highest BCUT2D eigenvalue weighted by atomic mass is 79.9. The van der Waals surface area contributed by atoms with E-state index in [1.54, 1.807) is 13.3 Å². The molecule has 0 aliphatic carbocycles. The largest absolute Gasteiger partial charge is 0.497 e. The number of benzene rings is 1. The predicted octanol–water partition coefficient (Wildman–Crippen LogP) is 3.71. The Balaban J connectivity index is 1.80. The molecule has 0 unspecified atom stereocenters. The van der Waals surface area contributed by atoms with Gasteiger partial charge in [-0.15, -0.1) is 0 Å². The van der Waals surface area contributed by atoms with Crippen LogP contribution in [0.1, 0.15) is 0 Å². The van der Waals surface area contributed by atoms with Gasteiger partial charge in [-0.2, -0.15) is 0 Å². The zero-order chi connectivity index (χ0) is 16.9. The summed E-state index contributed by atoms with van der Waals surface area (Å²) < 4.78 is 6.03. The zero-order valence-corrected chi connectivity index (χ0v) is 14.4. The monoisotopic (exact) mass is 386 g/mol. The first-order valence-corrected chi connectivity index (χ1v) is 7.85. The fourth-order valence-electron chi connectivity index (χ4n) is 1.98. The Hall–Kier alpha value is -2.87. The molecule has 1 aromatic carbocycles. The summed E-state index contributed by atoms with van der Waals surface area (Å²) in [5.41, 5.74) is 7.40. The third kappa shape index (κ3) is 3.72. The molecule has 4 N–H and O–H groups in total. The van der Waals surface area contributed by atoms with Gasteiger partial charge < -0.3 is 21.1 Å². The minimum atomic E-state index is 0.401. The fraction of sp³-hybridized carbons (Fsp3) is 0.0625. The molecule has 0 aliphatic heterocycles. The molecule has 0 saturated carbocycles. The summed E-state index contributed by atoms with van der Waals surface area (Å²) in [5.74, 6) is 2.41. The van der Waals surface area contributed by atoms with Crippen LogP contribution in [0.25, 0.3) is 0 Å². The first-order chi connectivity index (χ1) is 11.7. The molecule has 0 radical (unpaired) electrons. The van der Waals surface area contributed by atoms with Crippen molar-refractivity contribution in [2.45, 2.75) is 0 Å². The molecule has 122 valence electrons. The van der Waals surface area contributed by atoms with E-state index in [-0.39, 0.29) is 0 Å². The number of nitrogens with one attached hydrogen (secondary N) is 2. The number of hydrogen-bond donors (Lipinski definition) is 3. The third-order valence-corrected chi connectivity index (χ3v) is 3.68. The number of nitrogens with two attached hydrogens (primary N) is 1. The van der Waals surface area contributed by atoms with E-state index in [1.807, 2.05) is 36.4 Å². The Morgan fingerprint density at radius 3 is 2.29 bits per heavy atom. The summed E-state index contributed by atoms with van der Waals surface area (Å²) in [6.45, 7) is 0. The van der Waals surface area contributed by atoms with Gasteiger partial charge >= 0.3 is 0 Å². The van der Waals surface area contributed by atoms with Gasteiger partial charge in [0.05, 0.1) is 7.11 Å². The number of ether oxygens (including phenoxy) is 1. The molecule has 0 fully saturated rings. The van der Waals surface area contributed by atoms with Crippen LogP contribution < -0.4 is 21.1 Å². The summed E-state index contributed by atoms with van der Waals surface area (Å²) in [5, 5.41) is 6.23. The Labute approximate surface area is 147 Å². The number of pyridine rings is 1. The number of nitrogens with zero attached hydrogens (tertiary/aromatic N) is 3. The van der Waals surface area contributed by atoms with Gasteiger partial charge in [0.2, 0.25) is 0 Å². The summed E-state index contributed by atoms with van der Waals surface area (Å²) in [6, 6.07) is 11.2. The van der Waals surface area contributed by atoms with E-state index in [4.69, 9.17) is 10.5 Å². The molecule has 2 heterocycles. The third-order valence-electron chi connectivity index (χ3n) is 3.21. The first kappa shape index (κ1) is 16.0. The lowest BCUT2D eigenvalue weighted by Crippen LogP contribution is -2.05. The van der Waals surface area contributed by atoms with E-state index in [0.717, 1.165) is 15.9 Å². The Morgan fingerprint density at radius 1 is 0.958 bits per heavy atom. The summed E-state index contributed by atoms with van der Waals surface area (Å²) in [6.07, 6.45) is 3.12. The predicted molar refractivity (Wildman–Crippen MR) is 97.9 cm³/mol. The maximum Gasteiger partial charge on any atom is 0.160 e. The van der Waals surface area contributed by atoms with Crippen LogP contribution in [0.5, 0.6) is 5.75 Å². The zero-order valence-electron chi connectivity index (χ0n) is 12.8. The van der Waals surface area contributed by atoms with Crippen LogP contribution in [-0.4, -0.2) is 22.1 Å². The number of methoxy groups -OCH3 is 1. The first-order valence-electron chi connectivity index (χ1n) is 7.06. The molecule has 3 aromatic rings. The van der Waals surface area contributed by atoms with E-state index in [0.29, 0.717) is 23.1 Å². The second-order valence-corrected chi connectivity index (χ2v) is 5.74. The molecule has 7 nitrogen and oxygen atoms in total. The Kier molecular flexibility index (Phi) is 4.76. The SMILES string of the molecule is COc1ccc(Nc2ncnc(Nc3ccc(Br)cn3)c2N)cc1. The second-order valence-electron chi connectivity index (χ2n) is 4.82. The van der Waals surface area contributed by atoms with Crippen molar-refractivity contribution in [3.8, 4) is 5.75 Å². The normalized spacial score (nSPS) is 10.2. The standard InChI is InChI=1S/C16H15BrN6O/c1-24-12-5-3-11(4-6-12)22-15-14(18)16(21-9-20-15)23-13-7-2-10(17)8-19-13/h2-9H,18H2,1H3,(H2,19,20,21,22,23). The molecule has 24 heavy (non-hydrogen) atoms. The number of rotatable bonds is 5. The lowest BCUT2D eigenvalue weighted by Gasteiger charge is -2.12. The molecule has 3 rings (SSSR count). The van der Waals surface area contributed by atoms with Gasteiger partial charge in [-0.3, -0.25) is 0 Å². The highest BCUT2D eigenvalue weighted by molar-refractivity contribution is 9.10. The van der Waals surface area contributed by atoms with Gasteiger partial charge in [0.15, 0.2) is 11.6 Å². The van der Waals surface area contributed by atoms with Crippen molar-refractivity contribution in [2.75, 3.05) is 23.5 Å². The highest BCUT2D eigenvalue weighted by Crippen LogP contribution is 2.28. The van der Waals surface area contributed by atoms with Crippen molar-refractivity contribution in [2.24, 2.45) is 0 Å². The lowest BCUT2D eigenvalue weighted by atomic mass is 10.3. The molecule has 2 aromatic heterocycles. The van der Waals surface area contributed by atoms with Crippen molar-refractivity contribution >= 4 is 44.8 Å². The van der Waals surface area contributed by atoms with Crippen LogP contribution in [-0.2, 0) is 0 Å². The minimum absolute atomic E-state index is 0.401. The van der Waals surface area contributed by atoms with Crippen LogP contribution in [0.2, 0.25) is 0 Å². The second kappa shape index (κ2) is 7.14. The number of halogens is 1. The molecule has 0 aliphatic rings. The van der Waals surface area contributed by atoms with E-state index < -0.39 is 0 Å². The number of aromatic nitrogens is 3. The molecule has 0 amide bonds. The molecule has 0 saturated heterocycles. The van der Waals surface area contributed by atoms with Crippen molar-refractivity contribution in [3.63, 3.8) is 0 Å². The highest BCUT2D eigenvalue weighted by Gasteiger charge is 2.09. The quantitative estimate of drug-likeness (QED) is 0.614. The molecular weight excluding hydrogens is 372 g/mol. The molecule has 8 heteroatoms. The van der Waals surface area contributed by atoms with Gasteiger partial charge in [-0.05, 0) is 52.3 Å². The van der Waals surface area contributed by atoms with Crippen LogP contribution in [0.4, 0.5) is 28.8 Å². The van der Waals surface area contributed by atoms with E-state index in [9.17, 15) is 0 Å². The van der Waals surface area contributed by atoms with Crippen molar-refractivity contribution < 1.29 is 4.74 Å². The van der Waals surface area contributed by atoms with Gasteiger partial charge in [0.1, 0.15) is 23.6 Å². The summed E-state index contributed by atoms with van der Waals surface area (Å²) >= 11 is 3.34. The molecular formula is C16H15BrN6O. The van der Waals surface area contributed by atoms with Crippen molar-refractivity contribution in [1.29, 1.82) is 0 Å². The molecule has 0 atom stereocenters. The average Bonchev–Trinajstić information content (AvgIpc) is 2.61. The summed E-state index contributed by atoms with van der Waals surface area (Å²) in [4.78, 5) is 12.6. The maximum atomic E-state index is 6.15. The van der Waals surface area contributed by atoms with Crippen LogP contribution in [0.15, 0.2) is 53.4 Å². The minimum Gasteiger partial charge on any atom is -0.497 e. The Bertz CT molecular complexity index is 823. The van der Waals surface area contributed by atoms with Gasteiger partial charge in [-0.1, -0.05) is 0 Å². The summed E-state index contributed by atoms with van der Waals surface area (Å²) in [7, 11) is 1.62. The van der Waals surface area contributed by atoms with E-state index in [2.05, 4.69) is 41.5 Å². The smallest absolute Gasteiger partial charge is 0.160 e. The van der Waals surface area contributed by atoms with Gasteiger partial charge in [0, 0.05) is 16.4 Å². The molecule has 0 spiro atoms. The lowest BCUT2D eigenvalue weighted by molar-refractivity contribution is 0.415. The number of hydrogen-bond acceptors (Lipinski definition) is 7. The van der Waals surface area contributed by atoms with Gasteiger partial charge in [0.25, 0.3) is 0 Å². The van der Waals surface area contributed by atoms with E-state index in [1.165, 1.54) is 6.33 Å². The van der Waals surface area contributed by atoms with E-state index >= 15 is 0 Å². The average molecular weight is 387 g/mol. The fourth-order valence-corrected chi connectivity index (χ4v) is 2.21. The number of anilines is 5. The van der Waals surface area contributed by atoms with Crippen LogP contribution in [0.3, 0.4) is 0 Å². The van der Waals surface area contributed by atoms with Crippen LogP contribution in [0, 0.1) is 0 Å². The van der Waals surface area contributed by atoms with Gasteiger partial charge in [-0.25, -0.2) is 15.0 Å².